The molecule has 2 aromatic heterocycles. The minimum atomic E-state index is 0.673. The first-order chi connectivity index (χ1) is 14.2. The molecule has 1 aliphatic heterocycles. The Morgan fingerprint density at radius 1 is 1.00 bits per heavy atom. The van der Waals surface area contributed by atoms with Gasteiger partial charge in [-0.3, -0.25) is 4.90 Å². The van der Waals surface area contributed by atoms with Crippen LogP contribution in [0.4, 0.5) is 0 Å². The molecule has 1 fully saturated rings. The van der Waals surface area contributed by atoms with Crippen molar-refractivity contribution < 1.29 is 0 Å². The van der Waals surface area contributed by atoms with Gasteiger partial charge in [-0.05, 0) is 44.0 Å². The fourth-order valence-electron chi connectivity index (χ4n) is 4.39. The largest absolute Gasteiger partial charge is 0.330 e. The molecule has 1 atom stereocenters. The Morgan fingerprint density at radius 2 is 1.83 bits per heavy atom. The molecule has 0 radical (unpaired) electrons. The predicted octanol–water partition coefficient (Wildman–Crippen LogP) is 4.47. The number of hydrogen-bond donors (Lipinski definition) is 0. The Balaban J connectivity index is 1.34. The molecule has 2 aromatic carbocycles. The van der Waals surface area contributed by atoms with Crippen LogP contribution in [0.25, 0.3) is 22.4 Å². The highest BCUT2D eigenvalue weighted by Gasteiger charge is 2.21. The summed E-state index contributed by atoms with van der Waals surface area (Å²) in [6.07, 6.45) is 6.56. The van der Waals surface area contributed by atoms with Crippen LogP contribution in [0, 0.1) is 0 Å². The number of nitrogens with zero attached hydrogens (tertiary/aromatic N) is 5. The van der Waals surface area contributed by atoms with Gasteiger partial charge in [0.1, 0.15) is 5.82 Å². The molecular weight excluding hydrogens is 358 g/mol. The molecule has 29 heavy (non-hydrogen) atoms. The van der Waals surface area contributed by atoms with Gasteiger partial charge in [0.15, 0.2) is 0 Å². The molecule has 1 saturated heterocycles. The van der Waals surface area contributed by atoms with Crippen LogP contribution in [0.2, 0.25) is 0 Å². The van der Waals surface area contributed by atoms with Crippen LogP contribution in [-0.4, -0.2) is 36.6 Å². The van der Waals surface area contributed by atoms with E-state index in [2.05, 4.69) is 75.5 Å². The van der Waals surface area contributed by atoms with Gasteiger partial charge in [-0.25, -0.2) is 9.97 Å². The summed E-state index contributed by atoms with van der Waals surface area (Å²) in [6.45, 7) is 5.32. The first-order valence-corrected chi connectivity index (χ1v) is 10.4. The number of para-hydroxylation sites is 2. The second kappa shape index (κ2) is 7.48. The van der Waals surface area contributed by atoms with Crippen molar-refractivity contribution in [2.24, 2.45) is 7.05 Å². The van der Waals surface area contributed by atoms with Crippen LogP contribution in [0.3, 0.4) is 0 Å². The Bertz CT molecular complexity index is 1120. The lowest BCUT2D eigenvalue weighted by Crippen LogP contribution is -2.27. The van der Waals surface area contributed by atoms with Gasteiger partial charge in [-0.15, -0.1) is 0 Å². The lowest BCUT2D eigenvalue weighted by molar-refractivity contribution is 0.255. The number of imidazole rings is 2. The predicted molar refractivity (Wildman–Crippen MR) is 117 cm³/mol. The Morgan fingerprint density at radius 3 is 2.62 bits per heavy atom. The third-order valence-corrected chi connectivity index (χ3v) is 6.23. The van der Waals surface area contributed by atoms with E-state index in [9.17, 15) is 0 Å². The first-order valence-electron chi connectivity index (χ1n) is 10.4. The number of hydrogen-bond acceptors (Lipinski definition) is 3. The zero-order valence-electron chi connectivity index (χ0n) is 17.1. The maximum atomic E-state index is 4.72. The number of benzene rings is 2. The maximum absolute atomic E-state index is 4.72. The molecule has 0 aliphatic carbocycles. The summed E-state index contributed by atoms with van der Waals surface area (Å²) in [5.41, 5.74) is 5.91. The average molecular weight is 386 g/mol. The fourth-order valence-corrected chi connectivity index (χ4v) is 4.39. The highest BCUT2D eigenvalue weighted by Crippen LogP contribution is 2.24. The number of likely N-dealkylation sites (tertiary alicyclic amines) is 1. The van der Waals surface area contributed by atoms with Gasteiger partial charge in [0.2, 0.25) is 0 Å². The number of fused-ring (bicyclic) bond motifs is 1. The number of aromatic nitrogens is 4. The highest BCUT2D eigenvalue weighted by molar-refractivity contribution is 5.75. The molecule has 1 aliphatic rings. The molecule has 0 amide bonds. The van der Waals surface area contributed by atoms with E-state index in [0.29, 0.717) is 6.04 Å². The molecule has 148 valence electrons. The summed E-state index contributed by atoms with van der Waals surface area (Å²) in [5, 5.41) is 0. The van der Waals surface area contributed by atoms with Gasteiger partial charge in [0.25, 0.3) is 0 Å². The molecule has 4 aromatic rings. The SMILES string of the molecule is C[C@H]1CCCN1Cc1cnc(-c2ccc(Cn3cnc4ccccc43)cc2)n1C. The molecule has 5 rings (SSSR count). The van der Waals surface area contributed by atoms with Crippen molar-refractivity contribution >= 4 is 11.0 Å². The van der Waals surface area contributed by atoms with Gasteiger partial charge in [0.05, 0.1) is 29.3 Å². The van der Waals surface area contributed by atoms with Gasteiger partial charge in [-0.2, -0.15) is 0 Å². The van der Waals surface area contributed by atoms with Gasteiger partial charge in [-0.1, -0.05) is 36.4 Å². The van der Waals surface area contributed by atoms with Gasteiger partial charge >= 0.3 is 0 Å². The van der Waals surface area contributed by atoms with Gasteiger partial charge < -0.3 is 9.13 Å². The monoisotopic (exact) mass is 385 g/mol. The minimum Gasteiger partial charge on any atom is -0.330 e. The Kier molecular flexibility index (Phi) is 4.68. The van der Waals surface area contributed by atoms with Crippen LogP contribution in [0.15, 0.2) is 61.1 Å². The van der Waals surface area contributed by atoms with E-state index in [1.54, 1.807) is 0 Å². The standard InChI is InChI=1S/C24H27N5/c1-18-6-5-13-28(18)16-21-14-25-24(27(21)2)20-11-9-19(10-12-20)15-29-17-26-22-7-3-4-8-23(22)29/h3-4,7-12,14,17-18H,5-6,13,15-16H2,1-2H3/t18-/m0/s1. The Labute approximate surface area is 171 Å². The van der Waals surface area contributed by atoms with Crippen molar-refractivity contribution in [2.75, 3.05) is 6.54 Å². The van der Waals surface area contributed by atoms with Crippen LogP contribution in [-0.2, 0) is 20.1 Å². The molecule has 3 heterocycles. The van der Waals surface area contributed by atoms with E-state index in [4.69, 9.17) is 4.98 Å². The first kappa shape index (κ1) is 18.1. The smallest absolute Gasteiger partial charge is 0.139 e. The van der Waals surface area contributed by atoms with Crippen LogP contribution >= 0.6 is 0 Å². The Hall–Kier alpha value is -2.92. The zero-order chi connectivity index (χ0) is 19.8. The minimum absolute atomic E-state index is 0.673. The van der Waals surface area contributed by atoms with E-state index in [1.807, 2.05) is 18.6 Å². The topological polar surface area (TPSA) is 38.9 Å². The molecule has 5 nitrogen and oxygen atoms in total. The molecule has 0 spiro atoms. The maximum Gasteiger partial charge on any atom is 0.139 e. The summed E-state index contributed by atoms with van der Waals surface area (Å²) in [4.78, 5) is 11.8. The lowest BCUT2D eigenvalue weighted by atomic mass is 10.1. The van der Waals surface area contributed by atoms with Crippen molar-refractivity contribution in [3.63, 3.8) is 0 Å². The van der Waals surface area contributed by atoms with Crippen molar-refractivity contribution in [1.29, 1.82) is 0 Å². The molecule has 0 N–H and O–H groups in total. The highest BCUT2D eigenvalue weighted by atomic mass is 15.2. The van der Waals surface area contributed by atoms with Crippen molar-refractivity contribution in [3.8, 4) is 11.4 Å². The van der Waals surface area contributed by atoms with Crippen LogP contribution < -0.4 is 0 Å². The fraction of sp³-hybridized carbons (Fsp3) is 0.333. The molecular formula is C24H27N5. The third-order valence-electron chi connectivity index (χ3n) is 6.23. The average Bonchev–Trinajstić information content (AvgIpc) is 3.44. The van der Waals surface area contributed by atoms with E-state index < -0.39 is 0 Å². The van der Waals surface area contributed by atoms with Crippen LogP contribution in [0.5, 0.6) is 0 Å². The van der Waals surface area contributed by atoms with Crippen LogP contribution in [0.1, 0.15) is 31.0 Å². The van der Waals surface area contributed by atoms with E-state index in [0.717, 1.165) is 30.0 Å². The molecule has 0 saturated carbocycles. The second-order valence-electron chi connectivity index (χ2n) is 8.15. The van der Waals surface area contributed by atoms with E-state index in [1.165, 1.54) is 36.2 Å². The second-order valence-corrected chi connectivity index (χ2v) is 8.15. The molecule has 0 bridgehead atoms. The molecule has 0 unspecified atom stereocenters. The number of rotatable bonds is 5. The zero-order valence-corrected chi connectivity index (χ0v) is 17.1. The lowest BCUT2D eigenvalue weighted by Gasteiger charge is -2.21. The summed E-state index contributed by atoms with van der Waals surface area (Å²) in [5.74, 6) is 1.03. The summed E-state index contributed by atoms with van der Waals surface area (Å²) >= 11 is 0. The summed E-state index contributed by atoms with van der Waals surface area (Å²) in [6, 6.07) is 17.7. The van der Waals surface area contributed by atoms with E-state index >= 15 is 0 Å². The summed E-state index contributed by atoms with van der Waals surface area (Å²) in [7, 11) is 2.13. The normalized spacial score (nSPS) is 17.4. The summed E-state index contributed by atoms with van der Waals surface area (Å²) < 4.78 is 4.43. The van der Waals surface area contributed by atoms with Crippen molar-refractivity contribution in [1.82, 2.24) is 24.0 Å². The van der Waals surface area contributed by atoms with Crippen molar-refractivity contribution in [3.05, 3.63) is 72.3 Å². The van der Waals surface area contributed by atoms with Crippen molar-refractivity contribution in [2.45, 2.75) is 38.9 Å². The van der Waals surface area contributed by atoms with Gasteiger partial charge in [0, 0.05) is 31.7 Å². The van der Waals surface area contributed by atoms with E-state index in [-0.39, 0.29) is 0 Å². The third kappa shape index (κ3) is 3.47. The molecule has 5 heteroatoms. The quantitative estimate of drug-likeness (QED) is 0.509.